The summed E-state index contributed by atoms with van der Waals surface area (Å²) in [6.07, 6.45) is 3.32. The van der Waals surface area contributed by atoms with E-state index in [0.29, 0.717) is 40.7 Å². The van der Waals surface area contributed by atoms with Crippen molar-refractivity contribution in [2.24, 2.45) is 0 Å². The molecule has 1 saturated heterocycles. The van der Waals surface area contributed by atoms with Gasteiger partial charge in [-0.1, -0.05) is 0 Å². The van der Waals surface area contributed by atoms with E-state index in [9.17, 15) is 8.78 Å². The van der Waals surface area contributed by atoms with Gasteiger partial charge < -0.3 is 14.6 Å². The number of pyridine rings is 1. The topological polar surface area (TPSA) is 85.4 Å². The molecule has 6 rings (SSSR count). The van der Waals surface area contributed by atoms with Crippen LogP contribution in [0.2, 0.25) is 0 Å². The van der Waals surface area contributed by atoms with Gasteiger partial charge in [-0.05, 0) is 38.0 Å². The fourth-order valence-electron chi connectivity index (χ4n) is 4.93. The largest absolute Gasteiger partial charge is 0.379 e. The lowest BCUT2D eigenvalue weighted by atomic mass is 9.85. The molecule has 5 heterocycles. The van der Waals surface area contributed by atoms with Gasteiger partial charge in [0.25, 0.3) is 6.43 Å². The van der Waals surface area contributed by atoms with Crippen LogP contribution in [0.1, 0.15) is 18.7 Å². The molecule has 1 aliphatic heterocycles. The number of hydrogen-bond acceptors (Lipinski definition) is 7. The number of ether oxygens (including phenoxy) is 1. The zero-order valence-corrected chi connectivity index (χ0v) is 18.9. The van der Waals surface area contributed by atoms with Crippen LogP contribution in [0.5, 0.6) is 0 Å². The van der Waals surface area contributed by atoms with Crippen molar-refractivity contribution in [1.29, 1.82) is 0 Å². The normalized spacial score (nSPS) is 21.4. The second-order valence-electron chi connectivity index (χ2n) is 8.96. The van der Waals surface area contributed by atoms with Crippen LogP contribution in [-0.4, -0.2) is 78.8 Å². The average molecular weight is 469 g/mol. The summed E-state index contributed by atoms with van der Waals surface area (Å²) in [5.41, 5.74) is 3.36. The van der Waals surface area contributed by atoms with Crippen molar-refractivity contribution in [2.45, 2.75) is 44.8 Å². The van der Waals surface area contributed by atoms with E-state index >= 15 is 0 Å². The highest BCUT2D eigenvalue weighted by molar-refractivity contribution is 5.82. The van der Waals surface area contributed by atoms with Gasteiger partial charge in [0.15, 0.2) is 5.65 Å². The van der Waals surface area contributed by atoms with Crippen LogP contribution in [0.3, 0.4) is 0 Å². The second kappa shape index (κ2) is 8.55. The number of fused-ring (bicyclic) bond motifs is 2. The number of aryl methyl sites for hydroxylation is 1. The standard InChI is InChI=1S/C23H26F2N8O/c1-14-27-19-3-2-18(29-22(19)32(14)13-21(24)25)17-4-5-33-20(17)12-26-23(30-33)28-15-10-16(11-15)31-6-8-34-9-7-31/h2-5,12,15-16,21H,6-11,13H2,1H3,(H,28,30). The molecule has 0 aromatic carbocycles. The number of morpholine rings is 1. The summed E-state index contributed by atoms with van der Waals surface area (Å²) < 4.78 is 34.8. The minimum atomic E-state index is -2.48. The first-order valence-electron chi connectivity index (χ1n) is 11.6. The Morgan fingerprint density at radius 1 is 1.15 bits per heavy atom. The molecule has 2 fully saturated rings. The number of aromatic nitrogens is 6. The molecule has 1 saturated carbocycles. The highest BCUT2D eigenvalue weighted by Crippen LogP contribution is 2.30. The summed E-state index contributed by atoms with van der Waals surface area (Å²) in [6.45, 7) is 4.94. The van der Waals surface area contributed by atoms with Crippen LogP contribution >= 0.6 is 0 Å². The lowest BCUT2D eigenvalue weighted by molar-refractivity contribution is -0.00443. The van der Waals surface area contributed by atoms with Crippen molar-refractivity contribution in [2.75, 3.05) is 31.6 Å². The first-order chi connectivity index (χ1) is 16.5. The maximum absolute atomic E-state index is 13.1. The maximum atomic E-state index is 13.1. The molecule has 2 aliphatic rings. The van der Waals surface area contributed by atoms with E-state index in [1.807, 2.05) is 24.4 Å². The Morgan fingerprint density at radius 2 is 1.97 bits per heavy atom. The third kappa shape index (κ3) is 3.88. The SMILES string of the molecule is Cc1nc2ccc(-c3ccn4nc(NC5CC(N6CCOCC6)C5)ncc34)nc2n1CC(F)F. The Morgan fingerprint density at radius 3 is 2.76 bits per heavy atom. The number of halogens is 2. The van der Waals surface area contributed by atoms with Crippen LogP contribution in [-0.2, 0) is 11.3 Å². The molecule has 0 atom stereocenters. The Hall–Kier alpha value is -3.18. The minimum absolute atomic E-state index is 0.364. The smallest absolute Gasteiger partial charge is 0.256 e. The van der Waals surface area contributed by atoms with Crippen molar-refractivity contribution in [1.82, 2.24) is 34.0 Å². The van der Waals surface area contributed by atoms with Gasteiger partial charge in [-0.15, -0.1) is 5.10 Å². The van der Waals surface area contributed by atoms with E-state index in [1.165, 1.54) is 4.57 Å². The Balaban J connectivity index is 1.20. The number of nitrogens with one attached hydrogen (secondary N) is 1. The van der Waals surface area contributed by atoms with Gasteiger partial charge >= 0.3 is 0 Å². The predicted octanol–water partition coefficient (Wildman–Crippen LogP) is 2.99. The molecule has 178 valence electrons. The predicted molar refractivity (Wildman–Crippen MR) is 123 cm³/mol. The van der Waals surface area contributed by atoms with Gasteiger partial charge in [0.1, 0.15) is 11.3 Å². The summed E-state index contributed by atoms with van der Waals surface area (Å²) in [7, 11) is 0. The molecular weight excluding hydrogens is 442 g/mol. The molecule has 0 radical (unpaired) electrons. The average Bonchev–Trinajstić information content (AvgIpc) is 3.36. The number of anilines is 1. The molecule has 11 heteroatoms. The van der Waals surface area contributed by atoms with E-state index in [-0.39, 0.29) is 0 Å². The first-order valence-corrected chi connectivity index (χ1v) is 11.6. The Bertz CT molecular complexity index is 1320. The van der Waals surface area contributed by atoms with Crippen molar-refractivity contribution in [3.05, 3.63) is 36.4 Å². The van der Waals surface area contributed by atoms with Crippen molar-refractivity contribution in [3.63, 3.8) is 0 Å². The highest BCUT2D eigenvalue weighted by Gasteiger charge is 2.34. The quantitative estimate of drug-likeness (QED) is 0.466. The summed E-state index contributed by atoms with van der Waals surface area (Å²) in [5, 5.41) is 8.06. The molecule has 0 amide bonds. The number of nitrogens with zero attached hydrogens (tertiary/aromatic N) is 7. The van der Waals surface area contributed by atoms with E-state index in [1.54, 1.807) is 17.6 Å². The van der Waals surface area contributed by atoms with Crippen molar-refractivity contribution < 1.29 is 13.5 Å². The second-order valence-corrected chi connectivity index (χ2v) is 8.96. The van der Waals surface area contributed by atoms with E-state index in [2.05, 4.69) is 30.3 Å². The molecule has 1 aliphatic carbocycles. The molecule has 9 nitrogen and oxygen atoms in total. The molecular formula is C23H26F2N8O. The fourth-order valence-corrected chi connectivity index (χ4v) is 4.93. The van der Waals surface area contributed by atoms with Gasteiger partial charge in [-0.3, -0.25) is 4.90 Å². The lowest BCUT2D eigenvalue weighted by Gasteiger charge is -2.44. The van der Waals surface area contributed by atoms with Crippen LogP contribution in [0, 0.1) is 6.92 Å². The summed E-state index contributed by atoms with van der Waals surface area (Å²) in [4.78, 5) is 16.0. The van der Waals surface area contributed by atoms with Gasteiger partial charge in [-0.25, -0.2) is 28.2 Å². The molecule has 0 unspecified atom stereocenters. The number of imidazole rings is 1. The lowest BCUT2D eigenvalue weighted by Crippen LogP contribution is -2.53. The van der Waals surface area contributed by atoms with E-state index in [4.69, 9.17) is 4.74 Å². The van der Waals surface area contributed by atoms with Gasteiger partial charge in [0, 0.05) is 36.9 Å². The Kier molecular flexibility index (Phi) is 5.37. The van der Waals surface area contributed by atoms with Crippen molar-refractivity contribution in [3.8, 4) is 11.3 Å². The number of hydrogen-bond donors (Lipinski definition) is 1. The van der Waals surface area contributed by atoms with Crippen LogP contribution in [0.15, 0.2) is 30.6 Å². The van der Waals surface area contributed by atoms with Crippen LogP contribution in [0.4, 0.5) is 14.7 Å². The first kappa shape index (κ1) is 21.4. The third-order valence-corrected chi connectivity index (χ3v) is 6.80. The Labute approximate surface area is 194 Å². The van der Waals surface area contributed by atoms with Gasteiger partial charge in [-0.2, -0.15) is 0 Å². The number of alkyl halides is 2. The van der Waals surface area contributed by atoms with Crippen molar-refractivity contribution >= 4 is 22.6 Å². The summed E-state index contributed by atoms with van der Waals surface area (Å²) in [6, 6.07) is 6.55. The summed E-state index contributed by atoms with van der Waals surface area (Å²) in [5.74, 6) is 1.11. The minimum Gasteiger partial charge on any atom is -0.379 e. The molecule has 1 N–H and O–H groups in total. The van der Waals surface area contributed by atoms with E-state index < -0.39 is 13.0 Å². The molecule has 4 aromatic rings. The van der Waals surface area contributed by atoms with Crippen LogP contribution in [0.25, 0.3) is 27.9 Å². The monoisotopic (exact) mass is 468 g/mol. The molecule has 34 heavy (non-hydrogen) atoms. The molecule has 4 aromatic heterocycles. The number of rotatable bonds is 6. The van der Waals surface area contributed by atoms with E-state index in [0.717, 1.165) is 50.2 Å². The fraction of sp³-hybridized carbons (Fsp3) is 0.478. The van der Waals surface area contributed by atoms with Gasteiger partial charge in [0.05, 0.1) is 37.2 Å². The maximum Gasteiger partial charge on any atom is 0.256 e. The van der Waals surface area contributed by atoms with Crippen LogP contribution < -0.4 is 5.32 Å². The van der Waals surface area contributed by atoms with Gasteiger partial charge in [0.2, 0.25) is 5.95 Å². The zero-order valence-electron chi connectivity index (χ0n) is 18.9. The highest BCUT2D eigenvalue weighted by atomic mass is 19.3. The molecule has 0 spiro atoms. The third-order valence-electron chi connectivity index (χ3n) is 6.80. The molecule has 0 bridgehead atoms. The summed E-state index contributed by atoms with van der Waals surface area (Å²) >= 11 is 0. The zero-order chi connectivity index (χ0) is 23.2.